The van der Waals surface area contributed by atoms with Gasteiger partial charge in [-0.15, -0.1) is 0 Å². The quantitative estimate of drug-likeness (QED) is 0.808. The Bertz CT molecular complexity index is 560. The van der Waals surface area contributed by atoms with E-state index in [1.165, 1.54) is 0 Å². The van der Waals surface area contributed by atoms with Gasteiger partial charge >= 0.3 is 0 Å². The number of ether oxygens (including phenoxy) is 1. The molecule has 2 aromatic rings. The van der Waals surface area contributed by atoms with E-state index in [1.54, 1.807) is 0 Å². The van der Waals surface area contributed by atoms with Crippen LogP contribution in [0.15, 0.2) is 54.6 Å². The zero-order chi connectivity index (χ0) is 15.1. The number of rotatable bonds is 6. The van der Waals surface area contributed by atoms with Crippen molar-refractivity contribution in [2.45, 2.75) is 20.5 Å². The maximum atomic E-state index is 12.2. The van der Waals surface area contributed by atoms with E-state index in [0.29, 0.717) is 6.61 Å². The lowest BCUT2D eigenvalue weighted by atomic mass is 10.1. The summed E-state index contributed by atoms with van der Waals surface area (Å²) in [5, 5.41) is 0. The summed E-state index contributed by atoms with van der Waals surface area (Å²) in [5.41, 5.74) is 1.78. The molecule has 0 aliphatic carbocycles. The van der Waals surface area contributed by atoms with Gasteiger partial charge in [0.25, 0.3) is 5.91 Å². The van der Waals surface area contributed by atoms with E-state index in [-0.39, 0.29) is 5.91 Å². The first-order valence-electron chi connectivity index (χ1n) is 7.30. The summed E-state index contributed by atoms with van der Waals surface area (Å²) in [6.07, 6.45) is 0. The molecule has 0 aliphatic rings. The molecule has 0 N–H and O–H groups in total. The molecule has 0 aromatic heterocycles. The Labute approximate surface area is 126 Å². The molecule has 0 saturated heterocycles. The normalized spacial score (nSPS) is 10.2. The van der Waals surface area contributed by atoms with E-state index in [0.717, 1.165) is 30.0 Å². The van der Waals surface area contributed by atoms with Crippen LogP contribution in [0.5, 0.6) is 5.75 Å². The highest BCUT2D eigenvalue weighted by Crippen LogP contribution is 2.13. The molecule has 2 aromatic carbocycles. The second-order valence-corrected chi connectivity index (χ2v) is 4.78. The van der Waals surface area contributed by atoms with Crippen molar-refractivity contribution in [1.82, 2.24) is 4.90 Å². The molecule has 3 heteroatoms. The van der Waals surface area contributed by atoms with Crippen LogP contribution in [0.4, 0.5) is 0 Å². The molecule has 21 heavy (non-hydrogen) atoms. The monoisotopic (exact) mass is 283 g/mol. The van der Waals surface area contributed by atoms with Crippen molar-refractivity contribution in [2.75, 3.05) is 13.1 Å². The highest BCUT2D eigenvalue weighted by molar-refractivity contribution is 5.94. The Balaban J connectivity index is 1.97. The first kappa shape index (κ1) is 15.1. The van der Waals surface area contributed by atoms with Gasteiger partial charge in [-0.05, 0) is 43.7 Å². The summed E-state index contributed by atoms with van der Waals surface area (Å²) >= 11 is 0. The van der Waals surface area contributed by atoms with Crippen LogP contribution in [0.2, 0.25) is 0 Å². The molecule has 2 rings (SSSR count). The zero-order valence-electron chi connectivity index (χ0n) is 12.6. The Kier molecular flexibility index (Phi) is 5.38. The van der Waals surface area contributed by atoms with Crippen molar-refractivity contribution in [1.29, 1.82) is 0 Å². The predicted octanol–water partition coefficient (Wildman–Crippen LogP) is 3.75. The van der Waals surface area contributed by atoms with E-state index in [9.17, 15) is 4.79 Å². The third-order valence-corrected chi connectivity index (χ3v) is 3.40. The van der Waals surface area contributed by atoms with E-state index in [4.69, 9.17) is 4.74 Å². The molecule has 0 bridgehead atoms. The second kappa shape index (κ2) is 7.48. The number of hydrogen-bond donors (Lipinski definition) is 0. The minimum Gasteiger partial charge on any atom is -0.489 e. The van der Waals surface area contributed by atoms with Crippen molar-refractivity contribution < 1.29 is 9.53 Å². The van der Waals surface area contributed by atoms with Crippen LogP contribution in [0.1, 0.15) is 29.8 Å². The third-order valence-electron chi connectivity index (χ3n) is 3.40. The fourth-order valence-electron chi connectivity index (χ4n) is 2.12. The molecule has 0 unspecified atom stereocenters. The number of carbonyl (C=O) groups excluding carboxylic acids is 1. The van der Waals surface area contributed by atoms with Crippen LogP contribution < -0.4 is 4.74 Å². The lowest BCUT2D eigenvalue weighted by Crippen LogP contribution is -2.30. The van der Waals surface area contributed by atoms with Crippen LogP contribution in [-0.2, 0) is 6.61 Å². The molecule has 0 heterocycles. The average Bonchev–Trinajstić information content (AvgIpc) is 2.55. The summed E-state index contributed by atoms with van der Waals surface area (Å²) in [6, 6.07) is 17.3. The highest BCUT2D eigenvalue weighted by Gasteiger charge is 2.11. The minimum atomic E-state index is 0.0792. The fourth-order valence-corrected chi connectivity index (χ4v) is 2.12. The first-order valence-corrected chi connectivity index (χ1v) is 7.30. The van der Waals surface area contributed by atoms with Crippen LogP contribution >= 0.6 is 0 Å². The summed E-state index contributed by atoms with van der Waals surface area (Å²) in [6.45, 7) is 5.94. The maximum Gasteiger partial charge on any atom is 0.253 e. The van der Waals surface area contributed by atoms with Gasteiger partial charge in [0.1, 0.15) is 12.4 Å². The molecule has 0 aliphatic heterocycles. The van der Waals surface area contributed by atoms with Gasteiger partial charge in [-0.25, -0.2) is 0 Å². The van der Waals surface area contributed by atoms with Crippen LogP contribution in [0, 0.1) is 0 Å². The molecular formula is C18H21NO2. The topological polar surface area (TPSA) is 29.5 Å². The van der Waals surface area contributed by atoms with Crippen molar-refractivity contribution in [3.05, 3.63) is 65.7 Å². The van der Waals surface area contributed by atoms with E-state index >= 15 is 0 Å². The Morgan fingerprint density at radius 3 is 2.14 bits per heavy atom. The Morgan fingerprint density at radius 2 is 1.57 bits per heavy atom. The standard InChI is InChI=1S/C18H21NO2/c1-3-19(4-2)18(20)16-12-10-15(11-13-16)14-21-17-8-6-5-7-9-17/h5-13H,3-4,14H2,1-2H3. The zero-order valence-corrected chi connectivity index (χ0v) is 12.6. The van der Waals surface area contributed by atoms with Gasteiger partial charge in [0, 0.05) is 18.7 Å². The predicted molar refractivity (Wildman–Crippen MR) is 84.5 cm³/mol. The van der Waals surface area contributed by atoms with E-state index < -0.39 is 0 Å². The average molecular weight is 283 g/mol. The number of benzene rings is 2. The number of nitrogens with zero attached hydrogens (tertiary/aromatic N) is 1. The summed E-state index contributed by atoms with van der Waals surface area (Å²) in [4.78, 5) is 14.0. The Morgan fingerprint density at radius 1 is 0.952 bits per heavy atom. The summed E-state index contributed by atoms with van der Waals surface area (Å²) < 4.78 is 5.69. The van der Waals surface area contributed by atoms with Gasteiger partial charge in [-0.2, -0.15) is 0 Å². The second-order valence-electron chi connectivity index (χ2n) is 4.78. The van der Waals surface area contributed by atoms with Crippen LogP contribution in [0.3, 0.4) is 0 Å². The van der Waals surface area contributed by atoms with Crippen molar-refractivity contribution in [3.63, 3.8) is 0 Å². The number of amides is 1. The van der Waals surface area contributed by atoms with Gasteiger partial charge in [0.15, 0.2) is 0 Å². The summed E-state index contributed by atoms with van der Waals surface area (Å²) in [5.74, 6) is 0.927. The van der Waals surface area contributed by atoms with E-state index in [2.05, 4.69) is 0 Å². The lowest BCUT2D eigenvalue weighted by Gasteiger charge is -2.18. The Hall–Kier alpha value is -2.29. The lowest BCUT2D eigenvalue weighted by molar-refractivity contribution is 0.0773. The molecular weight excluding hydrogens is 262 g/mol. The smallest absolute Gasteiger partial charge is 0.253 e. The summed E-state index contributed by atoms with van der Waals surface area (Å²) in [7, 11) is 0. The minimum absolute atomic E-state index is 0.0792. The van der Waals surface area contributed by atoms with Gasteiger partial charge in [0.05, 0.1) is 0 Å². The maximum absolute atomic E-state index is 12.2. The first-order chi connectivity index (χ1) is 10.2. The number of hydrogen-bond acceptors (Lipinski definition) is 2. The van der Waals surface area contributed by atoms with Gasteiger partial charge in [-0.1, -0.05) is 30.3 Å². The van der Waals surface area contributed by atoms with Gasteiger partial charge < -0.3 is 9.64 Å². The van der Waals surface area contributed by atoms with Crippen molar-refractivity contribution in [3.8, 4) is 5.75 Å². The van der Waals surface area contributed by atoms with Crippen LogP contribution in [0.25, 0.3) is 0 Å². The molecule has 1 amide bonds. The molecule has 3 nitrogen and oxygen atoms in total. The van der Waals surface area contributed by atoms with Crippen LogP contribution in [-0.4, -0.2) is 23.9 Å². The SMILES string of the molecule is CCN(CC)C(=O)c1ccc(COc2ccccc2)cc1. The van der Waals surface area contributed by atoms with Gasteiger partial charge in [-0.3, -0.25) is 4.79 Å². The number of carbonyl (C=O) groups is 1. The third kappa shape index (κ3) is 4.09. The van der Waals surface area contributed by atoms with E-state index in [1.807, 2.05) is 73.3 Å². The largest absolute Gasteiger partial charge is 0.489 e. The molecule has 0 spiro atoms. The fraction of sp³-hybridized carbons (Fsp3) is 0.278. The molecule has 110 valence electrons. The van der Waals surface area contributed by atoms with Gasteiger partial charge in [0.2, 0.25) is 0 Å². The molecule has 0 radical (unpaired) electrons. The molecule has 0 atom stereocenters. The van der Waals surface area contributed by atoms with Crippen molar-refractivity contribution in [2.24, 2.45) is 0 Å². The highest BCUT2D eigenvalue weighted by atomic mass is 16.5. The molecule has 0 fully saturated rings. The van der Waals surface area contributed by atoms with Crippen molar-refractivity contribution >= 4 is 5.91 Å². The molecule has 0 saturated carbocycles. The number of para-hydroxylation sites is 1.